The smallest absolute Gasteiger partial charge is 0.246 e. The summed E-state index contributed by atoms with van der Waals surface area (Å²) in [7, 11) is -3.80. The predicted molar refractivity (Wildman–Crippen MR) is 83.5 cm³/mol. The quantitative estimate of drug-likeness (QED) is 0.901. The number of nitrogens with two attached hydrogens (primary N) is 1. The highest BCUT2D eigenvalue weighted by molar-refractivity contribution is 7.89. The van der Waals surface area contributed by atoms with E-state index < -0.39 is 15.8 Å². The molecule has 1 saturated heterocycles. The molecule has 0 radical (unpaired) electrons. The molecule has 1 aromatic rings. The van der Waals surface area contributed by atoms with Crippen LogP contribution in [0.5, 0.6) is 0 Å². The van der Waals surface area contributed by atoms with Gasteiger partial charge in [-0.25, -0.2) is 12.8 Å². The van der Waals surface area contributed by atoms with Crippen LogP contribution in [0.2, 0.25) is 0 Å². The first kappa shape index (κ1) is 18.4. The summed E-state index contributed by atoms with van der Waals surface area (Å²) in [6, 6.07) is 4.14. The van der Waals surface area contributed by atoms with Gasteiger partial charge < -0.3 is 5.73 Å². The lowest BCUT2D eigenvalue weighted by molar-refractivity contribution is 0.155. The molecule has 1 fully saturated rings. The Morgan fingerprint density at radius 3 is 2.52 bits per heavy atom. The zero-order valence-corrected chi connectivity index (χ0v) is 14.1. The lowest BCUT2D eigenvalue weighted by Crippen LogP contribution is -2.53. The minimum atomic E-state index is -3.80. The van der Waals surface area contributed by atoms with E-state index in [1.54, 1.807) is 13.0 Å². The van der Waals surface area contributed by atoms with Crippen molar-refractivity contribution in [3.63, 3.8) is 0 Å². The zero-order valence-electron chi connectivity index (χ0n) is 12.5. The van der Waals surface area contributed by atoms with Gasteiger partial charge in [-0.3, -0.25) is 0 Å². The van der Waals surface area contributed by atoms with Gasteiger partial charge in [0.15, 0.2) is 0 Å². The molecule has 7 heteroatoms. The van der Waals surface area contributed by atoms with Crippen molar-refractivity contribution in [2.45, 2.75) is 38.1 Å². The van der Waals surface area contributed by atoms with E-state index in [-0.39, 0.29) is 28.8 Å². The maximum absolute atomic E-state index is 13.9. The van der Waals surface area contributed by atoms with Crippen LogP contribution in [0.3, 0.4) is 0 Å². The van der Waals surface area contributed by atoms with Gasteiger partial charge in [-0.15, -0.1) is 12.4 Å². The van der Waals surface area contributed by atoms with E-state index in [1.165, 1.54) is 16.4 Å². The molecule has 4 nitrogen and oxygen atoms in total. The maximum Gasteiger partial charge on any atom is 0.246 e. The predicted octanol–water partition coefficient (Wildman–Crippen LogP) is 2.30. The van der Waals surface area contributed by atoms with Crippen molar-refractivity contribution in [2.75, 3.05) is 13.1 Å². The summed E-state index contributed by atoms with van der Waals surface area (Å²) in [6.07, 6.45) is 0.583. The average Bonchev–Trinajstić information content (AvgIpc) is 2.31. The molecule has 1 heterocycles. The number of piperidine rings is 1. The van der Waals surface area contributed by atoms with E-state index in [1.807, 2.05) is 13.8 Å². The first-order valence-electron chi connectivity index (χ1n) is 6.66. The van der Waals surface area contributed by atoms with E-state index in [0.29, 0.717) is 25.1 Å². The molecule has 2 N–H and O–H groups in total. The van der Waals surface area contributed by atoms with E-state index in [0.717, 1.165) is 0 Å². The lowest BCUT2D eigenvalue weighted by Gasteiger charge is -2.41. The summed E-state index contributed by atoms with van der Waals surface area (Å²) in [5, 5.41) is 0. The van der Waals surface area contributed by atoms with Gasteiger partial charge in [-0.05, 0) is 36.5 Å². The molecular formula is C14H22ClFN2O2S. The molecule has 120 valence electrons. The van der Waals surface area contributed by atoms with Gasteiger partial charge in [0.25, 0.3) is 0 Å². The number of benzene rings is 1. The van der Waals surface area contributed by atoms with E-state index in [4.69, 9.17) is 5.73 Å². The lowest BCUT2D eigenvalue weighted by atomic mass is 9.81. The summed E-state index contributed by atoms with van der Waals surface area (Å²) >= 11 is 0. The van der Waals surface area contributed by atoms with Gasteiger partial charge in [0.1, 0.15) is 10.7 Å². The number of rotatable bonds is 2. The third kappa shape index (κ3) is 3.56. The van der Waals surface area contributed by atoms with Crippen LogP contribution in [0.15, 0.2) is 23.1 Å². The highest BCUT2D eigenvalue weighted by Gasteiger charge is 2.39. The molecule has 0 amide bonds. The Labute approximate surface area is 132 Å². The van der Waals surface area contributed by atoms with Gasteiger partial charge in [-0.1, -0.05) is 19.9 Å². The third-order valence-corrected chi connectivity index (χ3v) is 5.86. The molecule has 0 aromatic heterocycles. The fourth-order valence-corrected chi connectivity index (χ4v) is 4.16. The molecule has 1 unspecified atom stereocenters. The van der Waals surface area contributed by atoms with Crippen molar-refractivity contribution in [1.29, 1.82) is 0 Å². The van der Waals surface area contributed by atoms with Crippen molar-refractivity contribution in [3.8, 4) is 0 Å². The number of nitrogens with zero attached hydrogens (tertiary/aromatic N) is 1. The topological polar surface area (TPSA) is 63.4 Å². The Kier molecular flexibility index (Phi) is 5.42. The molecule has 0 aliphatic carbocycles. The zero-order chi connectivity index (χ0) is 15.1. The molecule has 1 aromatic carbocycles. The summed E-state index contributed by atoms with van der Waals surface area (Å²) in [4.78, 5) is -0.255. The Hall–Kier alpha value is -0.690. The number of hydrogen-bond donors (Lipinski definition) is 1. The monoisotopic (exact) mass is 336 g/mol. The van der Waals surface area contributed by atoms with Crippen molar-refractivity contribution >= 4 is 22.4 Å². The van der Waals surface area contributed by atoms with Gasteiger partial charge in [0.05, 0.1) is 0 Å². The largest absolute Gasteiger partial charge is 0.327 e. The average molecular weight is 337 g/mol. The molecule has 1 aliphatic heterocycles. The Morgan fingerprint density at radius 1 is 1.38 bits per heavy atom. The van der Waals surface area contributed by atoms with E-state index in [2.05, 4.69) is 0 Å². The van der Waals surface area contributed by atoms with Crippen molar-refractivity contribution in [2.24, 2.45) is 11.1 Å². The molecular weight excluding hydrogens is 315 g/mol. The second kappa shape index (κ2) is 6.20. The standard InChI is InChI=1S/C14H21FN2O2S.ClH/c1-10-4-5-12(11(15)8-10)20(18,19)17-7-6-13(16)14(2,3)9-17;/h4-5,8,13H,6-7,9,16H2,1-3H3;1H. The van der Waals surface area contributed by atoms with Gasteiger partial charge in [0, 0.05) is 19.1 Å². The number of halogens is 2. The summed E-state index contributed by atoms with van der Waals surface area (Å²) in [5.41, 5.74) is 6.39. The minimum Gasteiger partial charge on any atom is -0.327 e. The number of sulfonamides is 1. The molecule has 0 bridgehead atoms. The van der Waals surface area contributed by atoms with Crippen molar-refractivity contribution in [1.82, 2.24) is 4.31 Å². The third-order valence-electron chi connectivity index (χ3n) is 3.98. The summed E-state index contributed by atoms with van der Waals surface area (Å²) < 4.78 is 40.4. The van der Waals surface area contributed by atoms with Gasteiger partial charge in [-0.2, -0.15) is 4.31 Å². The van der Waals surface area contributed by atoms with E-state index >= 15 is 0 Å². The van der Waals surface area contributed by atoms with Crippen LogP contribution in [0.1, 0.15) is 25.8 Å². The molecule has 2 rings (SSSR count). The first-order valence-corrected chi connectivity index (χ1v) is 8.10. The second-order valence-corrected chi connectivity index (χ2v) is 8.06. The second-order valence-electron chi connectivity index (χ2n) is 6.16. The summed E-state index contributed by atoms with van der Waals surface area (Å²) in [5.74, 6) is -0.697. The fraction of sp³-hybridized carbons (Fsp3) is 0.571. The molecule has 21 heavy (non-hydrogen) atoms. The van der Waals surface area contributed by atoms with Gasteiger partial charge >= 0.3 is 0 Å². The Balaban J connectivity index is 0.00000220. The van der Waals surface area contributed by atoms with Crippen LogP contribution in [0.4, 0.5) is 4.39 Å². The number of aryl methyl sites for hydroxylation is 1. The van der Waals surface area contributed by atoms with Crippen molar-refractivity contribution < 1.29 is 12.8 Å². The van der Waals surface area contributed by atoms with Crippen LogP contribution in [-0.2, 0) is 10.0 Å². The molecule has 0 saturated carbocycles. The van der Waals surface area contributed by atoms with E-state index in [9.17, 15) is 12.8 Å². The SMILES string of the molecule is Cc1ccc(S(=O)(=O)N2CCC(N)C(C)(C)C2)c(F)c1.Cl. The Morgan fingerprint density at radius 2 is 2.00 bits per heavy atom. The molecule has 1 atom stereocenters. The normalized spacial score (nSPS) is 22.6. The first-order chi connectivity index (χ1) is 9.14. The van der Waals surface area contributed by atoms with Crippen LogP contribution in [-0.4, -0.2) is 31.9 Å². The summed E-state index contributed by atoms with van der Waals surface area (Å²) in [6.45, 7) is 6.24. The molecule has 0 spiro atoms. The minimum absolute atomic E-state index is 0. The highest BCUT2D eigenvalue weighted by atomic mass is 35.5. The van der Waals surface area contributed by atoms with Gasteiger partial charge in [0.2, 0.25) is 10.0 Å². The van der Waals surface area contributed by atoms with Crippen LogP contribution < -0.4 is 5.73 Å². The number of hydrogen-bond acceptors (Lipinski definition) is 3. The molecule has 1 aliphatic rings. The Bertz CT molecular complexity index is 619. The van der Waals surface area contributed by atoms with Crippen LogP contribution in [0, 0.1) is 18.2 Å². The van der Waals surface area contributed by atoms with Crippen molar-refractivity contribution in [3.05, 3.63) is 29.6 Å². The fourth-order valence-electron chi connectivity index (χ4n) is 2.48. The van der Waals surface area contributed by atoms with Crippen LogP contribution >= 0.6 is 12.4 Å². The van der Waals surface area contributed by atoms with Crippen LogP contribution in [0.25, 0.3) is 0 Å². The highest BCUT2D eigenvalue weighted by Crippen LogP contribution is 2.31. The maximum atomic E-state index is 13.9.